The Morgan fingerprint density at radius 1 is 1.33 bits per heavy atom. The summed E-state index contributed by atoms with van der Waals surface area (Å²) < 4.78 is 0. The van der Waals surface area contributed by atoms with Gasteiger partial charge in [0.05, 0.1) is 0 Å². The maximum Gasteiger partial charge on any atom is 0.118 e. The van der Waals surface area contributed by atoms with Crippen molar-refractivity contribution in [1.29, 1.82) is 0 Å². The lowest BCUT2D eigenvalue weighted by Crippen LogP contribution is -1.84. The first-order valence-corrected chi connectivity index (χ1v) is 4.16. The van der Waals surface area contributed by atoms with E-state index in [9.17, 15) is 0 Å². The fourth-order valence-corrected chi connectivity index (χ4v) is 0.679. The second-order valence-electron chi connectivity index (χ2n) is 2.75. The van der Waals surface area contributed by atoms with Crippen LogP contribution in [0.2, 0.25) is 0 Å². The Morgan fingerprint density at radius 3 is 2.17 bits per heavy atom. The van der Waals surface area contributed by atoms with Gasteiger partial charge in [0.15, 0.2) is 0 Å². The highest BCUT2D eigenvalue weighted by Gasteiger charge is 1.92. The monoisotopic (exact) mass is 167 g/mol. The van der Waals surface area contributed by atoms with Crippen LogP contribution in [0.3, 0.4) is 0 Å². The van der Waals surface area contributed by atoms with Crippen LogP contribution in [0.15, 0.2) is 18.2 Å². The Bertz CT molecular complexity index is 233. The smallest absolute Gasteiger partial charge is 0.118 e. The predicted octanol–water partition coefficient (Wildman–Crippen LogP) is 2.70. The zero-order chi connectivity index (χ0) is 9.56. The van der Waals surface area contributed by atoms with Gasteiger partial charge in [-0.25, -0.2) is 0 Å². The third-order valence-corrected chi connectivity index (χ3v) is 1.22. The zero-order valence-corrected chi connectivity index (χ0v) is 7.96. The average molecular weight is 167 g/mol. The van der Waals surface area contributed by atoms with Gasteiger partial charge in [-0.2, -0.15) is 0 Å². The Kier molecular flexibility index (Phi) is 4.93. The average Bonchev–Trinajstić information content (AvgIpc) is 1.99. The van der Waals surface area contributed by atoms with Gasteiger partial charge in [0.1, 0.15) is 5.75 Å². The molecular weight excluding hydrogens is 150 g/mol. The molecule has 3 N–H and O–H groups in total. The van der Waals surface area contributed by atoms with E-state index >= 15 is 0 Å². The van der Waals surface area contributed by atoms with Gasteiger partial charge < -0.3 is 10.8 Å². The molecule has 0 fully saturated rings. The van der Waals surface area contributed by atoms with Crippen molar-refractivity contribution in [1.82, 2.24) is 0 Å². The normalized spacial score (nSPS) is 8.58. The third kappa shape index (κ3) is 3.86. The molecule has 0 spiro atoms. The standard InChI is InChI=1S/C7H9NO.C3H8/c1-5-4-6(8)2-3-7(5)9;1-3-2/h2-4,9H,8H2,1H3;3H2,1-2H3. The first-order valence-electron chi connectivity index (χ1n) is 4.16. The number of aryl methyl sites for hydroxylation is 1. The quantitative estimate of drug-likeness (QED) is 0.461. The maximum atomic E-state index is 8.99. The number of phenols is 1. The largest absolute Gasteiger partial charge is 0.508 e. The van der Waals surface area contributed by atoms with E-state index in [1.54, 1.807) is 18.2 Å². The number of phenolic OH excluding ortho intramolecular Hbond substituents is 1. The van der Waals surface area contributed by atoms with Crippen LogP contribution in [0.4, 0.5) is 5.69 Å². The molecule has 0 aromatic heterocycles. The first kappa shape index (κ1) is 10.8. The minimum Gasteiger partial charge on any atom is -0.508 e. The molecule has 0 bridgehead atoms. The summed E-state index contributed by atoms with van der Waals surface area (Å²) in [6, 6.07) is 4.99. The van der Waals surface area contributed by atoms with E-state index in [4.69, 9.17) is 10.8 Å². The van der Waals surface area contributed by atoms with E-state index in [1.165, 1.54) is 6.42 Å². The van der Waals surface area contributed by atoms with E-state index in [0.29, 0.717) is 11.4 Å². The summed E-state index contributed by atoms with van der Waals surface area (Å²) in [4.78, 5) is 0. The molecule has 1 aromatic carbocycles. The summed E-state index contributed by atoms with van der Waals surface area (Å²) in [6.07, 6.45) is 1.25. The number of nitrogen functional groups attached to an aromatic ring is 1. The highest BCUT2D eigenvalue weighted by Crippen LogP contribution is 2.17. The summed E-state index contributed by atoms with van der Waals surface area (Å²) in [6.45, 7) is 6.06. The molecule has 0 radical (unpaired) electrons. The van der Waals surface area contributed by atoms with Crippen molar-refractivity contribution in [2.24, 2.45) is 0 Å². The van der Waals surface area contributed by atoms with Crippen molar-refractivity contribution in [3.63, 3.8) is 0 Å². The van der Waals surface area contributed by atoms with E-state index in [-0.39, 0.29) is 0 Å². The minimum atomic E-state index is 0.296. The molecule has 68 valence electrons. The van der Waals surface area contributed by atoms with Gasteiger partial charge in [0.25, 0.3) is 0 Å². The van der Waals surface area contributed by atoms with E-state index in [0.717, 1.165) is 5.56 Å². The SMILES string of the molecule is CCC.Cc1cc(N)ccc1O. The van der Waals surface area contributed by atoms with Crippen LogP contribution in [0.1, 0.15) is 25.8 Å². The Balaban J connectivity index is 0.000000354. The molecule has 0 atom stereocenters. The lowest BCUT2D eigenvalue weighted by atomic mass is 10.2. The van der Waals surface area contributed by atoms with E-state index in [1.807, 2.05) is 6.92 Å². The van der Waals surface area contributed by atoms with Crippen LogP contribution >= 0.6 is 0 Å². The lowest BCUT2D eigenvalue weighted by Gasteiger charge is -1.97. The van der Waals surface area contributed by atoms with Crippen molar-refractivity contribution >= 4 is 5.69 Å². The molecule has 0 unspecified atom stereocenters. The number of rotatable bonds is 0. The highest BCUT2D eigenvalue weighted by molar-refractivity contribution is 5.46. The summed E-state index contributed by atoms with van der Waals surface area (Å²) in [7, 11) is 0. The summed E-state index contributed by atoms with van der Waals surface area (Å²) in [5.41, 5.74) is 6.92. The summed E-state index contributed by atoms with van der Waals surface area (Å²) >= 11 is 0. The lowest BCUT2D eigenvalue weighted by molar-refractivity contribution is 0.471. The van der Waals surface area contributed by atoms with Crippen molar-refractivity contribution in [3.8, 4) is 5.75 Å². The van der Waals surface area contributed by atoms with Gasteiger partial charge in [0.2, 0.25) is 0 Å². The molecule has 0 aliphatic rings. The summed E-state index contributed by atoms with van der Waals surface area (Å²) in [5, 5.41) is 8.99. The predicted molar refractivity (Wildman–Crippen MR) is 53.2 cm³/mol. The molecule has 0 saturated heterocycles. The van der Waals surface area contributed by atoms with Gasteiger partial charge in [-0.15, -0.1) is 0 Å². The second-order valence-corrected chi connectivity index (χ2v) is 2.75. The molecule has 0 heterocycles. The fourth-order valence-electron chi connectivity index (χ4n) is 0.679. The molecule has 0 saturated carbocycles. The van der Waals surface area contributed by atoms with Gasteiger partial charge >= 0.3 is 0 Å². The van der Waals surface area contributed by atoms with Crippen molar-refractivity contribution in [3.05, 3.63) is 23.8 Å². The van der Waals surface area contributed by atoms with Gasteiger partial charge in [-0.1, -0.05) is 20.3 Å². The highest BCUT2D eigenvalue weighted by atomic mass is 16.3. The fraction of sp³-hybridized carbons (Fsp3) is 0.400. The number of anilines is 1. The number of nitrogens with two attached hydrogens (primary N) is 1. The molecule has 12 heavy (non-hydrogen) atoms. The number of aromatic hydroxyl groups is 1. The molecule has 2 heteroatoms. The molecule has 0 aliphatic heterocycles. The summed E-state index contributed by atoms with van der Waals surface area (Å²) in [5.74, 6) is 0.296. The van der Waals surface area contributed by atoms with Crippen LogP contribution in [0.25, 0.3) is 0 Å². The van der Waals surface area contributed by atoms with E-state index in [2.05, 4.69) is 13.8 Å². The van der Waals surface area contributed by atoms with Crippen molar-refractivity contribution in [2.75, 3.05) is 5.73 Å². The number of benzene rings is 1. The van der Waals surface area contributed by atoms with Crippen LogP contribution in [-0.2, 0) is 0 Å². The van der Waals surface area contributed by atoms with E-state index < -0.39 is 0 Å². The van der Waals surface area contributed by atoms with Crippen molar-refractivity contribution < 1.29 is 5.11 Å². The van der Waals surface area contributed by atoms with Gasteiger partial charge in [-0.3, -0.25) is 0 Å². The topological polar surface area (TPSA) is 46.2 Å². The molecule has 0 aliphatic carbocycles. The van der Waals surface area contributed by atoms with Gasteiger partial charge in [-0.05, 0) is 30.7 Å². The van der Waals surface area contributed by atoms with Crippen LogP contribution < -0.4 is 5.73 Å². The first-order chi connectivity index (χ1) is 5.61. The van der Waals surface area contributed by atoms with Crippen LogP contribution in [-0.4, -0.2) is 5.11 Å². The molecule has 1 aromatic rings. The number of hydrogen-bond acceptors (Lipinski definition) is 2. The molecular formula is C10H17NO. The number of hydrogen-bond donors (Lipinski definition) is 2. The third-order valence-electron chi connectivity index (χ3n) is 1.22. The minimum absolute atomic E-state index is 0.296. The maximum absolute atomic E-state index is 8.99. The van der Waals surface area contributed by atoms with Crippen LogP contribution in [0, 0.1) is 6.92 Å². The Hall–Kier alpha value is -1.18. The molecule has 2 nitrogen and oxygen atoms in total. The van der Waals surface area contributed by atoms with Crippen LogP contribution in [0.5, 0.6) is 5.75 Å². The molecule has 1 rings (SSSR count). The molecule has 0 amide bonds. The van der Waals surface area contributed by atoms with Crippen molar-refractivity contribution in [2.45, 2.75) is 27.2 Å². The Labute approximate surface area is 74.0 Å². The zero-order valence-electron chi connectivity index (χ0n) is 7.96. The van der Waals surface area contributed by atoms with Gasteiger partial charge in [0, 0.05) is 5.69 Å². The Morgan fingerprint density at radius 2 is 1.83 bits per heavy atom. The second kappa shape index (κ2) is 5.47.